The predicted octanol–water partition coefficient (Wildman–Crippen LogP) is 9.95. The molecule has 0 spiro atoms. The van der Waals surface area contributed by atoms with E-state index in [2.05, 4.69) is 108 Å². The van der Waals surface area contributed by atoms with Gasteiger partial charge >= 0.3 is 0 Å². The molecule has 170 valence electrons. The molecule has 4 aromatic rings. The van der Waals surface area contributed by atoms with Gasteiger partial charge < -0.3 is 0 Å². The van der Waals surface area contributed by atoms with Crippen molar-refractivity contribution in [2.24, 2.45) is 11.8 Å². The Labute approximate surface area is 223 Å². The molecular weight excluding hydrogens is 555 g/mol. The van der Waals surface area contributed by atoms with Gasteiger partial charge in [0.15, 0.2) is 0 Å². The molecule has 2 heteroatoms. The SMILES string of the molecule is IC1C=C2CCCC3C=CC=C4C=C(c5ccc6sc7cc8ccccc8cc7c6c5)C(=C2C43)C1. The first-order valence-corrected chi connectivity index (χ1v) is 14.8. The molecule has 4 aliphatic carbocycles. The van der Waals surface area contributed by atoms with Crippen molar-refractivity contribution in [3.8, 4) is 0 Å². The maximum absolute atomic E-state index is 2.66. The average molecular weight is 581 g/mol. The number of hydrogen-bond acceptors (Lipinski definition) is 1. The molecule has 1 fully saturated rings. The monoisotopic (exact) mass is 580 g/mol. The second-order valence-electron chi connectivity index (χ2n) is 10.5. The van der Waals surface area contributed by atoms with Crippen molar-refractivity contribution in [1.29, 1.82) is 0 Å². The van der Waals surface area contributed by atoms with Crippen LogP contribution in [0.25, 0.3) is 36.5 Å². The average Bonchev–Trinajstić information content (AvgIpc) is 3.11. The van der Waals surface area contributed by atoms with Crippen molar-refractivity contribution >= 4 is 70.4 Å². The van der Waals surface area contributed by atoms with Crippen molar-refractivity contribution < 1.29 is 0 Å². The third-order valence-electron chi connectivity index (χ3n) is 8.47. The number of halogens is 1. The summed E-state index contributed by atoms with van der Waals surface area (Å²) in [5.74, 6) is 1.22. The van der Waals surface area contributed by atoms with Gasteiger partial charge in [-0.15, -0.1) is 11.3 Å². The van der Waals surface area contributed by atoms with E-state index in [-0.39, 0.29) is 0 Å². The molecule has 0 saturated heterocycles. The van der Waals surface area contributed by atoms with E-state index >= 15 is 0 Å². The molecular formula is C33H25IS. The fourth-order valence-corrected chi connectivity index (χ4v) is 8.94. The fourth-order valence-electron chi connectivity index (χ4n) is 6.95. The summed E-state index contributed by atoms with van der Waals surface area (Å²) in [6.45, 7) is 0. The van der Waals surface area contributed by atoms with E-state index in [1.54, 1.807) is 16.7 Å². The summed E-state index contributed by atoms with van der Waals surface area (Å²) in [7, 11) is 0. The Balaban J connectivity index is 1.36. The molecule has 8 rings (SSSR count). The fraction of sp³-hybridized carbons (Fsp3) is 0.212. The Hall–Kier alpha value is -2.43. The number of alkyl halides is 1. The summed E-state index contributed by atoms with van der Waals surface area (Å²) in [4.78, 5) is 0. The van der Waals surface area contributed by atoms with Crippen molar-refractivity contribution in [2.75, 3.05) is 0 Å². The predicted molar refractivity (Wildman–Crippen MR) is 160 cm³/mol. The van der Waals surface area contributed by atoms with E-state index in [0.29, 0.717) is 15.8 Å². The Morgan fingerprint density at radius 3 is 2.69 bits per heavy atom. The Bertz CT molecular complexity index is 1720. The van der Waals surface area contributed by atoms with E-state index in [4.69, 9.17) is 0 Å². The number of benzene rings is 3. The van der Waals surface area contributed by atoms with Crippen molar-refractivity contribution in [3.05, 3.63) is 113 Å². The molecule has 0 aliphatic heterocycles. The van der Waals surface area contributed by atoms with Gasteiger partial charge in [-0.1, -0.05) is 83.3 Å². The van der Waals surface area contributed by atoms with Crippen molar-refractivity contribution in [1.82, 2.24) is 0 Å². The summed E-state index contributed by atoms with van der Waals surface area (Å²) in [6, 6.07) is 20.7. The summed E-state index contributed by atoms with van der Waals surface area (Å²) in [5, 5.41) is 5.45. The van der Waals surface area contributed by atoms with Gasteiger partial charge in [0, 0.05) is 30.0 Å². The van der Waals surface area contributed by atoms with Crippen LogP contribution in [-0.2, 0) is 0 Å². The first-order valence-electron chi connectivity index (χ1n) is 12.8. The van der Waals surface area contributed by atoms with E-state index < -0.39 is 0 Å². The Kier molecular flexibility index (Phi) is 4.61. The Morgan fingerprint density at radius 2 is 1.77 bits per heavy atom. The molecule has 4 aliphatic rings. The van der Waals surface area contributed by atoms with Gasteiger partial charge in [0.25, 0.3) is 0 Å². The highest BCUT2D eigenvalue weighted by atomic mass is 127. The lowest BCUT2D eigenvalue weighted by Crippen LogP contribution is -2.25. The van der Waals surface area contributed by atoms with Crippen LogP contribution in [-0.4, -0.2) is 3.92 Å². The third kappa shape index (κ3) is 3.15. The molecule has 3 atom stereocenters. The van der Waals surface area contributed by atoms with Crippen LogP contribution in [0.2, 0.25) is 0 Å². The lowest BCUT2D eigenvalue weighted by molar-refractivity contribution is 0.485. The lowest BCUT2D eigenvalue weighted by atomic mass is 9.66. The molecule has 1 aromatic heterocycles. The summed E-state index contributed by atoms with van der Waals surface area (Å²) < 4.78 is 3.36. The van der Waals surface area contributed by atoms with E-state index in [1.165, 1.54) is 66.9 Å². The van der Waals surface area contributed by atoms with Crippen LogP contribution in [0.3, 0.4) is 0 Å². The zero-order valence-corrected chi connectivity index (χ0v) is 22.4. The number of allylic oxidation sites excluding steroid dienone is 10. The minimum atomic E-state index is 0.563. The minimum Gasteiger partial charge on any atom is -0.135 e. The first kappa shape index (κ1) is 20.7. The van der Waals surface area contributed by atoms with Crippen LogP contribution >= 0.6 is 33.9 Å². The normalized spacial score (nSPS) is 25.4. The highest BCUT2D eigenvalue weighted by Crippen LogP contribution is 2.53. The standard InChI is InChI=1S/C33H25IS/c34-25-13-23-9-3-7-19-8-4-10-24-16-26(29(18-25)33(23)32(19)24)22-11-12-30-27(15-22)28-14-20-5-1-2-6-21(20)17-31(28)35-30/h1-2,4-6,8,10-17,19,25,32H,3,7,9,18H2. The van der Waals surface area contributed by atoms with Gasteiger partial charge in [0.05, 0.1) is 0 Å². The zero-order valence-electron chi connectivity index (χ0n) is 19.4. The van der Waals surface area contributed by atoms with Crippen LogP contribution in [0.1, 0.15) is 31.2 Å². The molecule has 0 amide bonds. The lowest BCUT2D eigenvalue weighted by Gasteiger charge is -2.38. The molecule has 0 bridgehead atoms. The molecule has 1 saturated carbocycles. The van der Waals surface area contributed by atoms with Gasteiger partial charge in [-0.05, 0) is 100 Å². The summed E-state index contributed by atoms with van der Waals surface area (Å²) >= 11 is 4.58. The molecule has 0 N–H and O–H groups in total. The number of hydrogen-bond donors (Lipinski definition) is 0. The molecule has 0 nitrogen and oxygen atoms in total. The molecule has 35 heavy (non-hydrogen) atoms. The molecule has 3 aromatic carbocycles. The first-order chi connectivity index (χ1) is 17.2. The van der Waals surface area contributed by atoms with Crippen LogP contribution in [0.15, 0.2) is 107 Å². The minimum absolute atomic E-state index is 0.563. The smallest absolute Gasteiger partial charge is 0.0361 e. The van der Waals surface area contributed by atoms with Gasteiger partial charge in [-0.3, -0.25) is 0 Å². The maximum atomic E-state index is 2.66. The number of thiophene rings is 1. The quantitative estimate of drug-likeness (QED) is 0.155. The van der Waals surface area contributed by atoms with E-state index in [9.17, 15) is 0 Å². The summed E-state index contributed by atoms with van der Waals surface area (Å²) in [5.41, 5.74) is 9.30. The second-order valence-corrected chi connectivity index (χ2v) is 13.1. The Morgan fingerprint density at radius 1 is 0.914 bits per heavy atom. The highest BCUT2D eigenvalue weighted by molar-refractivity contribution is 14.1. The largest absolute Gasteiger partial charge is 0.135 e. The van der Waals surface area contributed by atoms with Crippen LogP contribution in [0, 0.1) is 11.8 Å². The van der Waals surface area contributed by atoms with Gasteiger partial charge in [-0.2, -0.15) is 0 Å². The number of rotatable bonds is 1. The second kappa shape index (κ2) is 7.78. The highest BCUT2D eigenvalue weighted by Gasteiger charge is 2.39. The zero-order chi connectivity index (χ0) is 23.1. The topological polar surface area (TPSA) is 0 Å². The van der Waals surface area contributed by atoms with E-state index in [0.717, 1.165) is 6.42 Å². The maximum Gasteiger partial charge on any atom is 0.0361 e. The molecule has 1 heterocycles. The number of fused-ring (bicyclic) bond motifs is 4. The van der Waals surface area contributed by atoms with Crippen molar-refractivity contribution in [3.63, 3.8) is 0 Å². The van der Waals surface area contributed by atoms with Gasteiger partial charge in [-0.25, -0.2) is 0 Å². The van der Waals surface area contributed by atoms with Gasteiger partial charge in [0.1, 0.15) is 0 Å². The molecule has 0 radical (unpaired) electrons. The third-order valence-corrected chi connectivity index (χ3v) is 10.4. The van der Waals surface area contributed by atoms with Crippen LogP contribution < -0.4 is 0 Å². The van der Waals surface area contributed by atoms with Crippen LogP contribution in [0.4, 0.5) is 0 Å². The van der Waals surface area contributed by atoms with Crippen molar-refractivity contribution in [2.45, 2.75) is 29.6 Å². The van der Waals surface area contributed by atoms with Crippen LogP contribution in [0.5, 0.6) is 0 Å². The molecule has 3 unspecified atom stereocenters. The summed E-state index contributed by atoms with van der Waals surface area (Å²) in [6.07, 6.45) is 17.3. The van der Waals surface area contributed by atoms with Gasteiger partial charge in [0.2, 0.25) is 0 Å². The van der Waals surface area contributed by atoms with E-state index in [1.807, 2.05) is 11.3 Å².